The molecule has 1 aliphatic rings. The molecule has 29 heavy (non-hydrogen) atoms. The number of hydrogen-bond acceptors (Lipinski definition) is 3. The number of nitrogens with zero attached hydrogens (tertiary/aromatic N) is 4. The zero-order valence-corrected chi connectivity index (χ0v) is 16.3. The number of pyridine rings is 1. The van der Waals surface area contributed by atoms with Crippen molar-refractivity contribution in [3.63, 3.8) is 0 Å². The highest BCUT2D eigenvalue weighted by Gasteiger charge is 2.29. The van der Waals surface area contributed by atoms with E-state index in [0.29, 0.717) is 12.1 Å². The van der Waals surface area contributed by atoms with Crippen molar-refractivity contribution in [2.24, 2.45) is 0 Å². The standard InChI is InChI=1S/C24H22N4O/c1-27(22-12-11-18-9-5-6-10-21(18)22)24(29)20-13-19-15-26-28(23(19)25-14-20)16-17-7-3-2-4-8-17/h2-10,13-15,22H,11-12,16H2,1H3/t22-/m1/s1. The Kier molecular flexibility index (Phi) is 4.35. The first kappa shape index (κ1) is 17.6. The molecule has 1 amide bonds. The highest BCUT2D eigenvalue weighted by Crippen LogP contribution is 2.35. The zero-order chi connectivity index (χ0) is 19.8. The van der Waals surface area contributed by atoms with E-state index in [1.807, 2.05) is 47.0 Å². The molecule has 1 atom stereocenters. The Morgan fingerprint density at radius 2 is 1.90 bits per heavy atom. The van der Waals surface area contributed by atoms with Gasteiger partial charge in [-0.1, -0.05) is 54.6 Å². The van der Waals surface area contributed by atoms with Crippen LogP contribution in [0.15, 0.2) is 73.1 Å². The Bertz CT molecular complexity index is 1180. The Morgan fingerprint density at radius 1 is 1.10 bits per heavy atom. The third kappa shape index (κ3) is 3.18. The van der Waals surface area contributed by atoms with Crippen LogP contribution in [0.4, 0.5) is 0 Å². The smallest absolute Gasteiger partial charge is 0.255 e. The number of hydrogen-bond donors (Lipinski definition) is 0. The highest BCUT2D eigenvalue weighted by molar-refractivity contribution is 5.97. The minimum Gasteiger partial charge on any atom is -0.335 e. The summed E-state index contributed by atoms with van der Waals surface area (Å²) in [6.07, 6.45) is 5.44. The SMILES string of the molecule is CN(C(=O)c1cnc2c(cnn2Cc2ccccc2)c1)[C@@H]1CCc2ccccc21. The summed E-state index contributed by atoms with van der Waals surface area (Å²) in [4.78, 5) is 19.6. The molecular formula is C24H22N4O. The van der Waals surface area contributed by atoms with E-state index >= 15 is 0 Å². The Hall–Kier alpha value is -3.47. The minimum absolute atomic E-state index is 0.00286. The number of carbonyl (C=O) groups excluding carboxylic acids is 1. The van der Waals surface area contributed by atoms with Crippen LogP contribution in [0, 0.1) is 0 Å². The fourth-order valence-corrected chi connectivity index (χ4v) is 4.24. The molecule has 5 rings (SSSR count). The van der Waals surface area contributed by atoms with Crippen LogP contribution in [-0.4, -0.2) is 32.6 Å². The molecule has 5 nitrogen and oxygen atoms in total. The maximum atomic E-state index is 13.1. The number of aromatic nitrogens is 3. The molecular weight excluding hydrogens is 360 g/mol. The molecule has 4 aromatic rings. The number of fused-ring (bicyclic) bond motifs is 2. The van der Waals surface area contributed by atoms with Crippen molar-refractivity contribution in [1.29, 1.82) is 0 Å². The summed E-state index contributed by atoms with van der Waals surface area (Å²) in [5, 5.41) is 5.35. The van der Waals surface area contributed by atoms with Crippen molar-refractivity contribution in [2.75, 3.05) is 7.05 Å². The number of rotatable bonds is 4. The molecule has 0 unspecified atom stereocenters. The van der Waals surface area contributed by atoms with Crippen molar-refractivity contribution in [1.82, 2.24) is 19.7 Å². The maximum absolute atomic E-state index is 13.1. The van der Waals surface area contributed by atoms with Crippen molar-refractivity contribution >= 4 is 16.9 Å². The maximum Gasteiger partial charge on any atom is 0.255 e. The lowest BCUT2D eigenvalue weighted by Crippen LogP contribution is -2.30. The van der Waals surface area contributed by atoms with Gasteiger partial charge in [-0.2, -0.15) is 5.10 Å². The zero-order valence-electron chi connectivity index (χ0n) is 16.3. The van der Waals surface area contributed by atoms with E-state index in [9.17, 15) is 4.79 Å². The highest BCUT2D eigenvalue weighted by atomic mass is 16.2. The fraction of sp³-hybridized carbons (Fsp3) is 0.208. The number of amides is 1. The summed E-state index contributed by atoms with van der Waals surface area (Å²) in [6.45, 7) is 0.656. The average molecular weight is 382 g/mol. The van der Waals surface area contributed by atoms with Gasteiger partial charge in [-0.3, -0.25) is 4.79 Å². The molecule has 0 N–H and O–H groups in total. The van der Waals surface area contributed by atoms with Crippen LogP contribution in [0.2, 0.25) is 0 Å². The van der Waals surface area contributed by atoms with E-state index in [4.69, 9.17) is 0 Å². The number of carbonyl (C=O) groups is 1. The van der Waals surface area contributed by atoms with Gasteiger partial charge < -0.3 is 4.90 Å². The lowest BCUT2D eigenvalue weighted by Gasteiger charge is -2.25. The minimum atomic E-state index is -0.00286. The van der Waals surface area contributed by atoms with Crippen molar-refractivity contribution in [3.05, 3.63) is 95.3 Å². The molecule has 2 aromatic heterocycles. The largest absolute Gasteiger partial charge is 0.335 e. The van der Waals surface area contributed by atoms with Crippen LogP contribution in [0.3, 0.4) is 0 Å². The second-order valence-corrected chi connectivity index (χ2v) is 7.59. The molecule has 0 spiro atoms. The molecule has 0 radical (unpaired) electrons. The van der Waals surface area contributed by atoms with Gasteiger partial charge in [0.25, 0.3) is 5.91 Å². The van der Waals surface area contributed by atoms with Gasteiger partial charge in [0.05, 0.1) is 24.3 Å². The van der Waals surface area contributed by atoms with Gasteiger partial charge in [0.1, 0.15) is 0 Å². The third-order valence-corrected chi connectivity index (χ3v) is 5.79. The van der Waals surface area contributed by atoms with Crippen molar-refractivity contribution in [3.8, 4) is 0 Å². The van der Waals surface area contributed by atoms with Crippen LogP contribution in [0.1, 0.15) is 39.5 Å². The predicted molar refractivity (Wildman–Crippen MR) is 113 cm³/mol. The molecule has 0 saturated heterocycles. The fourth-order valence-electron chi connectivity index (χ4n) is 4.24. The number of aryl methyl sites for hydroxylation is 1. The van der Waals surface area contributed by atoms with Crippen molar-refractivity contribution < 1.29 is 4.79 Å². The van der Waals surface area contributed by atoms with E-state index in [2.05, 4.69) is 40.4 Å². The van der Waals surface area contributed by atoms with E-state index < -0.39 is 0 Å². The average Bonchev–Trinajstić information content (AvgIpc) is 3.37. The Balaban J connectivity index is 1.40. The first-order valence-corrected chi connectivity index (χ1v) is 9.91. The molecule has 1 aliphatic carbocycles. The second-order valence-electron chi connectivity index (χ2n) is 7.59. The van der Waals surface area contributed by atoms with Gasteiger partial charge in [-0.25, -0.2) is 9.67 Å². The first-order chi connectivity index (χ1) is 14.2. The van der Waals surface area contributed by atoms with Crippen LogP contribution in [0.25, 0.3) is 11.0 Å². The summed E-state index contributed by atoms with van der Waals surface area (Å²) in [6, 6.07) is 20.6. The molecule has 0 saturated carbocycles. The summed E-state index contributed by atoms with van der Waals surface area (Å²) in [7, 11) is 1.89. The molecule has 2 heterocycles. The third-order valence-electron chi connectivity index (χ3n) is 5.79. The summed E-state index contributed by atoms with van der Waals surface area (Å²) in [5.74, 6) is -0.00286. The lowest BCUT2D eigenvalue weighted by molar-refractivity contribution is 0.0730. The lowest BCUT2D eigenvalue weighted by atomic mass is 10.1. The van der Waals surface area contributed by atoms with Gasteiger partial charge in [-0.15, -0.1) is 0 Å². The topological polar surface area (TPSA) is 51.0 Å². The van der Waals surface area contributed by atoms with Crippen LogP contribution in [-0.2, 0) is 13.0 Å². The normalized spacial score (nSPS) is 15.4. The monoisotopic (exact) mass is 382 g/mol. The molecule has 144 valence electrons. The summed E-state index contributed by atoms with van der Waals surface area (Å²) in [5.41, 5.74) is 5.16. The van der Waals surface area contributed by atoms with E-state index in [0.717, 1.165) is 23.9 Å². The Labute approximate surface area is 169 Å². The van der Waals surface area contributed by atoms with Crippen LogP contribution in [0.5, 0.6) is 0 Å². The molecule has 0 bridgehead atoms. The molecule has 0 aliphatic heterocycles. The first-order valence-electron chi connectivity index (χ1n) is 9.91. The second kappa shape index (κ2) is 7.17. The van der Waals surface area contributed by atoms with E-state index in [1.54, 1.807) is 12.4 Å². The van der Waals surface area contributed by atoms with E-state index in [-0.39, 0.29) is 11.9 Å². The van der Waals surface area contributed by atoms with Gasteiger partial charge in [-0.05, 0) is 35.6 Å². The van der Waals surface area contributed by atoms with Gasteiger partial charge in [0.2, 0.25) is 0 Å². The summed E-state index contributed by atoms with van der Waals surface area (Å²) >= 11 is 0. The molecule has 5 heteroatoms. The van der Waals surface area contributed by atoms with Gasteiger partial charge in [0, 0.05) is 18.6 Å². The van der Waals surface area contributed by atoms with Gasteiger partial charge >= 0.3 is 0 Å². The van der Waals surface area contributed by atoms with Crippen LogP contribution >= 0.6 is 0 Å². The Morgan fingerprint density at radius 3 is 2.76 bits per heavy atom. The molecule has 0 fully saturated rings. The van der Waals surface area contributed by atoms with E-state index in [1.165, 1.54) is 16.7 Å². The predicted octanol–water partition coefficient (Wildman–Crippen LogP) is 4.24. The summed E-state index contributed by atoms with van der Waals surface area (Å²) < 4.78 is 1.87. The number of benzene rings is 2. The van der Waals surface area contributed by atoms with Crippen molar-refractivity contribution in [2.45, 2.75) is 25.4 Å². The quantitative estimate of drug-likeness (QED) is 0.530. The van der Waals surface area contributed by atoms with Crippen LogP contribution < -0.4 is 0 Å². The molecule has 2 aromatic carbocycles. The van der Waals surface area contributed by atoms with Gasteiger partial charge in [0.15, 0.2) is 5.65 Å².